The largest absolute Gasteiger partial charge is 0.204 e. The standard InChI is InChI=1S/C25H25ClFNS/c1-2-3-4-18-7-11-21(12-8-18)22-13-9-19(10-14-22)5-6-20-15-23(26)25(28-17-29)24(27)16-20/h9-10,13-16,18,21H,2-4,7-8,11-12H2,1H3. The number of hydrogen-bond donors (Lipinski definition) is 0. The van der Waals surface area contributed by atoms with E-state index >= 15 is 0 Å². The van der Waals surface area contributed by atoms with Gasteiger partial charge in [-0.3, -0.25) is 0 Å². The van der Waals surface area contributed by atoms with Crippen molar-refractivity contribution in [1.29, 1.82) is 0 Å². The van der Waals surface area contributed by atoms with E-state index in [-0.39, 0.29) is 10.7 Å². The van der Waals surface area contributed by atoms with Gasteiger partial charge in [-0.2, -0.15) is 4.99 Å². The lowest BCUT2D eigenvalue weighted by atomic mass is 9.77. The van der Waals surface area contributed by atoms with Gasteiger partial charge in [-0.25, -0.2) is 4.39 Å². The van der Waals surface area contributed by atoms with E-state index in [4.69, 9.17) is 11.6 Å². The molecule has 1 nitrogen and oxygen atoms in total. The zero-order valence-electron chi connectivity index (χ0n) is 16.7. The van der Waals surface area contributed by atoms with Crippen LogP contribution in [0.15, 0.2) is 41.4 Å². The number of benzene rings is 2. The molecule has 0 radical (unpaired) electrons. The van der Waals surface area contributed by atoms with Crippen LogP contribution >= 0.6 is 23.8 Å². The van der Waals surface area contributed by atoms with Gasteiger partial charge in [-0.15, -0.1) is 0 Å². The van der Waals surface area contributed by atoms with Gasteiger partial charge in [0.2, 0.25) is 0 Å². The van der Waals surface area contributed by atoms with Crippen molar-refractivity contribution >= 4 is 34.7 Å². The van der Waals surface area contributed by atoms with Crippen LogP contribution < -0.4 is 0 Å². The van der Waals surface area contributed by atoms with Gasteiger partial charge in [0.05, 0.1) is 10.2 Å². The molecule has 29 heavy (non-hydrogen) atoms. The highest BCUT2D eigenvalue weighted by Crippen LogP contribution is 2.37. The molecule has 0 bridgehead atoms. The van der Waals surface area contributed by atoms with Gasteiger partial charge < -0.3 is 0 Å². The van der Waals surface area contributed by atoms with Crippen molar-refractivity contribution in [2.75, 3.05) is 0 Å². The molecule has 2 aromatic rings. The second kappa shape index (κ2) is 10.7. The molecule has 1 saturated carbocycles. The van der Waals surface area contributed by atoms with Crippen LogP contribution in [-0.4, -0.2) is 5.16 Å². The van der Waals surface area contributed by atoms with E-state index in [1.807, 2.05) is 12.1 Å². The third-order valence-corrected chi connectivity index (χ3v) is 6.10. The summed E-state index contributed by atoms with van der Waals surface area (Å²) < 4.78 is 14.0. The molecular weight excluding hydrogens is 401 g/mol. The third kappa shape index (κ3) is 6.00. The molecule has 0 spiro atoms. The summed E-state index contributed by atoms with van der Waals surface area (Å²) in [7, 11) is 0. The molecule has 2 aromatic carbocycles. The second-order valence-electron chi connectivity index (χ2n) is 7.72. The van der Waals surface area contributed by atoms with E-state index in [2.05, 4.69) is 53.3 Å². The Labute approximate surface area is 183 Å². The van der Waals surface area contributed by atoms with Crippen molar-refractivity contribution in [3.8, 4) is 11.8 Å². The lowest BCUT2D eigenvalue weighted by Crippen LogP contribution is -2.13. The molecule has 0 heterocycles. The first-order valence-corrected chi connectivity index (χ1v) is 11.1. The fourth-order valence-electron chi connectivity index (χ4n) is 4.05. The number of halogens is 2. The van der Waals surface area contributed by atoms with Gasteiger partial charge in [0, 0.05) is 11.1 Å². The van der Waals surface area contributed by atoms with Crippen LogP contribution in [-0.2, 0) is 0 Å². The predicted molar refractivity (Wildman–Crippen MR) is 123 cm³/mol. The zero-order valence-corrected chi connectivity index (χ0v) is 18.3. The van der Waals surface area contributed by atoms with Crippen LogP contribution in [0.3, 0.4) is 0 Å². The highest BCUT2D eigenvalue weighted by atomic mass is 35.5. The minimum Gasteiger partial charge on any atom is -0.204 e. The number of thiocarbonyl (C=S) groups is 1. The highest BCUT2D eigenvalue weighted by Gasteiger charge is 2.21. The molecular formula is C25H25ClFNS. The van der Waals surface area contributed by atoms with Crippen molar-refractivity contribution in [1.82, 2.24) is 0 Å². The highest BCUT2D eigenvalue weighted by molar-refractivity contribution is 7.78. The maximum absolute atomic E-state index is 14.0. The van der Waals surface area contributed by atoms with Gasteiger partial charge in [0.1, 0.15) is 5.69 Å². The van der Waals surface area contributed by atoms with E-state index in [9.17, 15) is 4.39 Å². The number of hydrogen-bond acceptors (Lipinski definition) is 2. The van der Waals surface area contributed by atoms with Crippen LogP contribution in [0.2, 0.25) is 5.02 Å². The number of nitrogens with zero attached hydrogens (tertiary/aromatic N) is 1. The molecule has 0 aromatic heterocycles. The summed E-state index contributed by atoms with van der Waals surface area (Å²) in [6, 6.07) is 11.4. The van der Waals surface area contributed by atoms with E-state index in [0.717, 1.165) is 11.5 Å². The third-order valence-electron chi connectivity index (χ3n) is 5.72. The van der Waals surface area contributed by atoms with Crippen LogP contribution in [0.25, 0.3) is 0 Å². The van der Waals surface area contributed by atoms with Crippen molar-refractivity contribution in [3.63, 3.8) is 0 Å². The SMILES string of the molecule is CCCCC1CCC(c2ccc(C#Cc3cc(F)c(N=C=S)c(Cl)c3)cc2)CC1. The molecule has 150 valence electrons. The monoisotopic (exact) mass is 425 g/mol. The summed E-state index contributed by atoms with van der Waals surface area (Å²) in [5, 5.41) is 2.31. The minimum atomic E-state index is -0.552. The van der Waals surface area contributed by atoms with Gasteiger partial charge in [0.25, 0.3) is 0 Å². The molecule has 1 aliphatic carbocycles. The summed E-state index contributed by atoms with van der Waals surface area (Å²) in [6.45, 7) is 2.27. The van der Waals surface area contributed by atoms with Crippen LogP contribution in [0.1, 0.15) is 74.5 Å². The van der Waals surface area contributed by atoms with Gasteiger partial charge in [-0.1, -0.05) is 61.8 Å². The summed E-state index contributed by atoms with van der Waals surface area (Å²) >= 11 is 10.6. The molecule has 1 aliphatic rings. The molecule has 3 rings (SSSR count). The van der Waals surface area contributed by atoms with E-state index in [0.29, 0.717) is 11.5 Å². The summed E-state index contributed by atoms with van der Waals surface area (Å²) in [5.74, 6) is 7.09. The first-order valence-electron chi connectivity index (χ1n) is 10.3. The average molecular weight is 426 g/mol. The first kappa shape index (κ1) is 21.7. The Balaban J connectivity index is 1.64. The van der Waals surface area contributed by atoms with Gasteiger partial charge in [-0.05, 0) is 79.6 Å². The molecule has 0 atom stereocenters. The Morgan fingerprint density at radius 1 is 1.07 bits per heavy atom. The minimum absolute atomic E-state index is 0.000912. The normalized spacial score (nSPS) is 18.4. The van der Waals surface area contributed by atoms with Crippen molar-refractivity contribution in [2.24, 2.45) is 10.9 Å². The number of rotatable bonds is 5. The summed E-state index contributed by atoms with van der Waals surface area (Å²) in [6.07, 6.45) is 9.32. The van der Waals surface area contributed by atoms with E-state index in [1.165, 1.54) is 56.6 Å². The molecule has 1 fully saturated rings. The lowest BCUT2D eigenvalue weighted by molar-refractivity contribution is 0.304. The Hall–Kier alpha value is -1.98. The molecule has 4 heteroatoms. The Morgan fingerprint density at radius 3 is 2.38 bits per heavy atom. The van der Waals surface area contributed by atoms with E-state index < -0.39 is 5.82 Å². The second-order valence-corrected chi connectivity index (χ2v) is 8.31. The predicted octanol–water partition coefficient (Wildman–Crippen LogP) is 8.08. The zero-order chi connectivity index (χ0) is 20.6. The average Bonchev–Trinajstić information content (AvgIpc) is 2.74. The molecule has 0 N–H and O–H groups in total. The Bertz CT molecular complexity index is 920. The summed E-state index contributed by atoms with van der Waals surface area (Å²) in [5.41, 5.74) is 2.81. The molecule has 0 aliphatic heterocycles. The van der Waals surface area contributed by atoms with Crippen molar-refractivity contribution < 1.29 is 4.39 Å². The smallest absolute Gasteiger partial charge is 0.152 e. The molecule has 0 amide bonds. The van der Waals surface area contributed by atoms with Gasteiger partial charge >= 0.3 is 0 Å². The Kier molecular flexibility index (Phi) is 8.01. The Morgan fingerprint density at radius 2 is 1.76 bits per heavy atom. The maximum Gasteiger partial charge on any atom is 0.152 e. The summed E-state index contributed by atoms with van der Waals surface area (Å²) in [4.78, 5) is 3.65. The van der Waals surface area contributed by atoms with Crippen LogP contribution in [0.5, 0.6) is 0 Å². The first-order chi connectivity index (χ1) is 14.1. The topological polar surface area (TPSA) is 12.4 Å². The van der Waals surface area contributed by atoms with Crippen molar-refractivity contribution in [2.45, 2.75) is 57.8 Å². The number of unbranched alkanes of at least 4 members (excludes halogenated alkanes) is 1. The molecule has 0 unspecified atom stereocenters. The van der Waals surface area contributed by atoms with Crippen molar-refractivity contribution in [3.05, 3.63) is 63.9 Å². The maximum atomic E-state index is 14.0. The van der Waals surface area contributed by atoms with Crippen LogP contribution in [0, 0.1) is 23.6 Å². The fraction of sp³-hybridized carbons (Fsp3) is 0.400. The van der Waals surface area contributed by atoms with E-state index in [1.54, 1.807) is 6.07 Å². The number of isothiocyanates is 1. The van der Waals surface area contributed by atoms with Gasteiger partial charge in [0.15, 0.2) is 5.82 Å². The number of aliphatic imine (C=N–C) groups is 1. The fourth-order valence-corrected chi connectivity index (χ4v) is 4.39. The quantitative estimate of drug-likeness (QED) is 0.268. The van der Waals surface area contributed by atoms with Crippen LogP contribution in [0.4, 0.5) is 10.1 Å². The lowest BCUT2D eigenvalue weighted by Gasteiger charge is -2.28. The molecule has 0 saturated heterocycles.